The molecule has 9 nitrogen and oxygen atoms in total. The molecule has 1 aromatic rings. The molecular formula is C16H17FN2O7. The largest absolute Gasteiger partial charge is 0.473 e. The van der Waals surface area contributed by atoms with Gasteiger partial charge >= 0.3 is 17.7 Å². The molecule has 0 aliphatic carbocycles. The average molecular weight is 368 g/mol. The Bertz CT molecular complexity index is 763. The number of carboxylic acid groups (broad SMARTS) is 1. The molecule has 1 heterocycles. The lowest BCUT2D eigenvalue weighted by Gasteiger charge is -2.26. The number of esters is 1. The Morgan fingerprint density at radius 3 is 2.81 bits per heavy atom. The van der Waals surface area contributed by atoms with Crippen molar-refractivity contribution in [3.8, 4) is 5.75 Å². The number of ether oxygens (including phenoxy) is 2. The number of halogens is 1. The molecule has 10 heteroatoms. The number of hydrogen-bond donors (Lipinski definition) is 1. The van der Waals surface area contributed by atoms with Crippen LogP contribution in [0.3, 0.4) is 0 Å². The second-order valence-corrected chi connectivity index (χ2v) is 5.58. The third-order valence-electron chi connectivity index (χ3n) is 3.77. The normalized spacial score (nSPS) is 15.6. The molecule has 0 atom stereocenters. The van der Waals surface area contributed by atoms with Crippen LogP contribution in [0.2, 0.25) is 0 Å². The Morgan fingerprint density at radius 1 is 1.46 bits per heavy atom. The van der Waals surface area contributed by atoms with Crippen molar-refractivity contribution in [3.05, 3.63) is 39.2 Å². The summed E-state index contributed by atoms with van der Waals surface area (Å²) in [5.74, 6) is -2.46. The van der Waals surface area contributed by atoms with Crippen molar-refractivity contribution in [2.45, 2.75) is 12.8 Å². The fourth-order valence-electron chi connectivity index (χ4n) is 2.57. The topological polar surface area (TPSA) is 119 Å². The average Bonchev–Trinajstić information content (AvgIpc) is 2.60. The number of rotatable bonds is 5. The molecule has 0 aromatic heterocycles. The summed E-state index contributed by atoms with van der Waals surface area (Å²) in [6, 6.07) is 2.15. The minimum absolute atomic E-state index is 0.158. The number of benzene rings is 1. The zero-order valence-electron chi connectivity index (χ0n) is 13.9. The number of piperidine rings is 1. The van der Waals surface area contributed by atoms with Crippen LogP contribution >= 0.6 is 0 Å². The molecule has 1 saturated heterocycles. The van der Waals surface area contributed by atoms with Crippen LogP contribution in [0.4, 0.5) is 14.9 Å². The van der Waals surface area contributed by atoms with Gasteiger partial charge in [-0.1, -0.05) is 11.6 Å². The minimum Gasteiger partial charge on any atom is -0.473 e. The number of likely N-dealkylation sites (tertiary alicyclic amines) is 1. The van der Waals surface area contributed by atoms with Crippen molar-refractivity contribution in [1.29, 1.82) is 0 Å². The Labute approximate surface area is 147 Å². The molecule has 1 N–H and O–H groups in total. The van der Waals surface area contributed by atoms with Gasteiger partial charge in [-0.05, 0) is 24.5 Å². The van der Waals surface area contributed by atoms with Gasteiger partial charge in [0.2, 0.25) is 5.75 Å². The minimum atomic E-state index is -1.06. The van der Waals surface area contributed by atoms with Crippen LogP contribution in [-0.4, -0.2) is 53.8 Å². The van der Waals surface area contributed by atoms with Gasteiger partial charge in [0.1, 0.15) is 0 Å². The molecule has 0 bridgehead atoms. The molecule has 0 spiro atoms. The predicted molar refractivity (Wildman–Crippen MR) is 87.4 cm³/mol. The first-order valence-corrected chi connectivity index (χ1v) is 7.66. The van der Waals surface area contributed by atoms with Gasteiger partial charge in [0.15, 0.2) is 12.4 Å². The smallest absolute Gasteiger partial charge is 0.407 e. The quantitative estimate of drug-likeness (QED) is 0.481. The molecule has 26 heavy (non-hydrogen) atoms. The van der Waals surface area contributed by atoms with Crippen molar-refractivity contribution in [1.82, 2.24) is 4.90 Å². The van der Waals surface area contributed by atoms with Gasteiger partial charge in [-0.25, -0.2) is 14.0 Å². The molecule has 0 radical (unpaired) electrons. The van der Waals surface area contributed by atoms with Crippen LogP contribution in [0.25, 0.3) is 6.08 Å². The lowest BCUT2D eigenvalue weighted by Crippen LogP contribution is -2.35. The van der Waals surface area contributed by atoms with Crippen LogP contribution in [0, 0.1) is 15.9 Å². The zero-order valence-corrected chi connectivity index (χ0v) is 13.9. The van der Waals surface area contributed by atoms with Crippen LogP contribution in [-0.2, 0) is 9.53 Å². The molecule has 1 aromatic carbocycles. The van der Waals surface area contributed by atoms with Crippen molar-refractivity contribution >= 4 is 23.8 Å². The summed E-state index contributed by atoms with van der Waals surface area (Å²) in [5, 5.41) is 20.2. The first-order valence-electron chi connectivity index (χ1n) is 7.66. The molecule has 0 unspecified atom stereocenters. The van der Waals surface area contributed by atoms with Crippen LogP contribution in [0.15, 0.2) is 17.7 Å². The van der Waals surface area contributed by atoms with E-state index in [4.69, 9.17) is 9.84 Å². The lowest BCUT2D eigenvalue weighted by atomic mass is 10.0. The molecule has 2 rings (SSSR count). The van der Waals surface area contributed by atoms with E-state index >= 15 is 0 Å². The summed E-state index contributed by atoms with van der Waals surface area (Å²) in [5.41, 5.74) is 0.295. The van der Waals surface area contributed by atoms with Crippen molar-refractivity contribution in [2.75, 3.05) is 26.8 Å². The lowest BCUT2D eigenvalue weighted by molar-refractivity contribution is -0.386. The van der Waals surface area contributed by atoms with E-state index in [9.17, 15) is 24.1 Å². The van der Waals surface area contributed by atoms with Crippen LogP contribution in [0.1, 0.15) is 18.4 Å². The number of nitro groups is 1. The monoisotopic (exact) mass is 368 g/mol. The zero-order chi connectivity index (χ0) is 19.3. The van der Waals surface area contributed by atoms with Gasteiger partial charge in [0.25, 0.3) is 0 Å². The number of carbonyl (C=O) groups excluding carboxylic acids is 1. The van der Waals surface area contributed by atoms with E-state index in [0.29, 0.717) is 19.4 Å². The Hall–Kier alpha value is -3.17. The first kappa shape index (κ1) is 19.2. The van der Waals surface area contributed by atoms with Crippen LogP contribution < -0.4 is 4.74 Å². The van der Waals surface area contributed by atoms with Gasteiger partial charge < -0.3 is 19.5 Å². The van der Waals surface area contributed by atoms with Crippen LogP contribution in [0.5, 0.6) is 5.75 Å². The van der Waals surface area contributed by atoms with E-state index in [2.05, 4.69) is 4.74 Å². The highest BCUT2D eigenvalue weighted by Crippen LogP contribution is 2.33. The highest BCUT2D eigenvalue weighted by Gasteiger charge is 2.23. The molecular weight excluding hydrogens is 351 g/mol. The third-order valence-corrected chi connectivity index (χ3v) is 3.77. The fraction of sp³-hybridized carbons (Fsp3) is 0.375. The second kappa shape index (κ2) is 8.28. The highest BCUT2D eigenvalue weighted by molar-refractivity contribution is 5.71. The molecule has 1 aliphatic heterocycles. The maximum atomic E-state index is 14.3. The van der Waals surface area contributed by atoms with Gasteiger partial charge in [-0.2, -0.15) is 0 Å². The first-order chi connectivity index (χ1) is 12.3. The SMILES string of the molecule is COC(=O)COc1c(F)cc(/C=C2/CCCN(C(=O)O)C2)cc1[N+](=O)[O-]. The van der Waals surface area contributed by atoms with Gasteiger partial charge in [0, 0.05) is 19.2 Å². The van der Waals surface area contributed by atoms with E-state index in [0.717, 1.165) is 24.8 Å². The number of methoxy groups -OCH3 is 1. The van der Waals surface area contributed by atoms with E-state index < -0.39 is 40.8 Å². The Kier molecular flexibility index (Phi) is 6.10. The molecule has 1 amide bonds. The van der Waals surface area contributed by atoms with Gasteiger partial charge in [-0.15, -0.1) is 0 Å². The summed E-state index contributed by atoms with van der Waals surface area (Å²) in [4.78, 5) is 33.7. The summed E-state index contributed by atoms with van der Waals surface area (Å²) >= 11 is 0. The van der Waals surface area contributed by atoms with Gasteiger partial charge in [-0.3, -0.25) is 10.1 Å². The Balaban J connectivity index is 2.30. The van der Waals surface area contributed by atoms with Gasteiger partial charge in [0.05, 0.1) is 12.0 Å². The number of carbonyl (C=O) groups is 2. The predicted octanol–water partition coefficient (Wildman–Crippen LogP) is 2.44. The van der Waals surface area contributed by atoms with E-state index in [1.54, 1.807) is 0 Å². The van der Waals surface area contributed by atoms with Crippen molar-refractivity contribution in [2.24, 2.45) is 0 Å². The fourth-order valence-corrected chi connectivity index (χ4v) is 2.57. The number of nitro benzene ring substituents is 1. The second-order valence-electron chi connectivity index (χ2n) is 5.58. The summed E-state index contributed by atoms with van der Waals surface area (Å²) in [6.07, 6.45) is 1.69. The number of nitrogens with zero attached hydrogens (tertiary/aromatic N) is 2. The summed E-state index contributed by atoms with van der Waals surface area (Å²) in [7, 11) is 1.11. The van der Waals surface area contributed by atoms with Crippen molar-refractivity contribution in [3.63, 3.8) is 0 Å². The van der Waals surface area contributed by atoms with E-state index in [1.165, 1.54) is 11.0 Å². The maximum Gasteiger partial charge on any atom is 0.407 e. The standard InChI is InChI=1S/C16H17FN2O7/c1-25-14(20)9-26-15-12(17)6-11(7-13(15)19(23)24)5-10-3-2-4-18(8-10)16(21)22/h5-7H,2-4,8-9H2,1H3,(H,21,22)/b10-5-. The van der Waals surface area contributed by atoms with E-state index in [-0.39, 0.29) is 12.1 Å². The molecule has 1 fully saturated rings. The molecule has 1 aliphatic rings. The third kappa shape index (κ3) is 4.68. The number of amides is 1. The summed E-state index contributed by atoms with van der Waals surface area (Å²) in [6.45, 7) is -0.102. The highest BCUT2D eigenvalue weighted by atomic mass is 19.1. The number of hydrogen-bond acceptors (Lipinski definition) is 6. The molecule has 0 saturated carbocycles. The Morgan fingerprint density at radius 2 is 2.19 bits per heavy atom. The van der Waals surface area contributed by atoms with E-state index in [1.807, 2.05) is 0 Å². The summed E-state index contributed by atoms with van der Waals surface area (Å²) < 4.78 is 23.5. The van der Waals surface area contributed by atoms with Crippen molar-refractivity contribution < 1.29 is 33.5 Å². The molecule has 140 valence electrons. The maximum absolute atomic E-state index is 14.3.